The lowest BCUT2D eigenvalue weighted by Gasteiger charge is -2.44. The van der Waals surface area contributed by atoms with Gasteiger partial charge in [-0.1, -0.05) is 31.9 Å². The van der Waals surface area contributed by atoms with Crippen LogP contribution in [0.15, 0.2) is 24.3 Å². The molecule has 1 aliphatic rings. The maximum absolute atomic E-state index is 5.96. The third-order valence-electron chi connectivity index (χ3n) is 4.61. The average Bonchev–Trinajstić information content (AvgIpc) is 2.50. The van der Waals surface area contributed by atoms with E-state index in [0.717, 1.165) is 24.2 Å². The minimum absolute atomic E-state index is 0.000858. The van der Waals surface area contributed by atoms with Crippen LogP contribution in [0.1, 0.15) is 51.1 Å². The summed E-state index contributed by atoms with van der Waals surface area (Å²) in [5, 5.41) is 0. The van der Waals surface area contributed by atoms with Gasteiger partial charge in [0, 0.05) is 7.11 Å². The SMILES string of the molecule is CCOc1ccc(C(NN)C2(OC)CCCC(C)C2)cc1. The number of hydrogen-bond acceptors (Lipinski definition) is 4. The van der Waals surface area contributed by atoms with Crippen LogP contribution in [0.5, 0.6) is 5.75 Å². The fourth-order valence-corrected chi connectivity index (χ4v) is 3.58. The van der Waals surface area contributed by atoms with Crippen molar-refractivity contribution in [1.82, 2.24) is 5.43 Å². The van der Waals surface area contributed by atoms with E-state index >= 15 is 0 Å². The maximum Gasteiger partial charge on any atom is 0.119 e. The van der Waals surface area contributed by atoms with Crippen molar-refractivity contribution >= 4 is 0 Å². The number of hydrogen-bond donors (Lipinski definition) is 2. The molecule has 3 unspecified atom stereocenters. The molecule has 0 saturated heterocycles. The molecule has 2 rings (SSSR count). The second-order valence-electron chi connectivity index (χ2n) is 6.07. The average molecular weight is 292 g/mol. The summed E-state index contributed by atoms with van der Waals surface area (Å²) in [6.45, 7) is 4.96. The van der Waals surface area contributed by atoms with Crippen LogP contribution in [0, 0.1) is 5.92 Å². The molecule has 1 saturated carbocycles. The van der Waals surface area contributed by atoms with Gasteiger partial charge in [-0.3, -0.25) is 11.3 Å². The number of benzene rings is 1. The van der Waals surface area contributed by atoms with E-state index in [9.17, 15) is 0 Å². The number of hydrazine groups is 1. The van der Waals surface area contributed by atoms with Crippen molar-refractivity contribution in [3.8, 4) is 5.75 Å². The molecule has 0 amide bonds. The Labute approximate surface area is 128 Å². The highest BCUT2D eigenvalue weighted by Gasteiger charge is 2.42. The number of rotatable bonds is 6. The molecule has 1 aromatic rings. The van der Waals surface area contributed by atoms with Crippen LogP contribution in [-0.2, 0) is 4.74 Å². The van der Waals surface area contributed by atoms with Crippen LogP contribution in [0.4, 0.5) is 0 Å². The first-order chi connectivity index (χ1) is 10.1. The summed E-state index contributed by atoms with van der Waals surface area (Å²) in [7, 11) is 1.80. The summed E-state index contributed by atoms with van der Waals surface area (Å²) in [4.78, 5) is 0. The Kier molecular flexibility index (Phi) is 5.62. The summed E-state index contributed by atoms with van der Waals surface area (Å²) in [6.07, 6.45) is 4.53. The predicted molar refractivity (Wildman–Crippen MR) is 85.0 cm³/mol. The predicted octanol–water partition coefficient (Wildman–Crippen LogP) is 3.19. The number of ether oxygens (including phenoxy) is 2. The van der Waals surface area contributed by atoms with Gasteiger partial charge in [-0.2, -0.15) is 0 Å². The van der Waals surface area contributed by atoms with Crippen LogP contribution in [-0.4, -0.2) is 19.3 Å². The molecule has 0 radical (unpaired) electrons. The molecule has 1 aromatic carbocycles. The van der Waals surface area contributed by atoms with Crippen LogP contribution >= 0.6 is 0 Å². The van der Waals surface area contributed by atoms with Crippen molar-refractivity contribution < 1.29 is 9.47 Å². The van der Waals surface area contributed by atoms with Gasteiger partial charge in [0.25, 0.3) is 0 Å². The van der Waals surface area contributed by atoms with Gasteiger partial charge in [-0.25, -0.2) is 0 Å². The lowest BCUT2D eigenvalue weighted by Crippen LogP contribution is -2.50. The molecule has 3 N–H and O–H groups in total. The van der Waals surface area contributed by atoms with Crippen molar-refractivity contribution in [3.63, 3.8) is 0 Å². The molecule has 0 aromatic heterocycles. The van der Waals surface area contributed by atoms with Gasteiger partial charge in [-0.05, 0) is 43.4 Å². The number of nitrogens with two attached hydrogens (primary N) is 1. The Morgan fingerprint density at radius 2 is 2.10 bits per heavy atom. The first kappa shape index (κ1) is 16.3. The van der Waals surface area contributed by atoms with E-state index in [1.165, 1.54) is 12.8 Å². The molecule has 1 fully saturated rings. The first-order valence-corrected chi connectivity index (χ1v) is 7.89. The number of methoxy groups -OCH3 is 1. The van der Waals surface area contributed by atoms with Crippen LogP contribution in [0.2, 0.25) is 0 Å². The Morgan fingerprint density at radius 3 is 2.62 bits per heavy atom. The minimum Gasteiger partial charge on any atom is -0.494 e. The van der Waals surface area contributed by atoms with E-state index in [0.29, 0.717) is 12.5 Å². The van der Waals surface area contributed by atoms with Crippen LogP contribution < -0.4 is 16.0 Å². The molecule has 1 aliphatic carbocycles. The zero-order chi connectivity index (χ0) is 15.3. The van der Waals surface area contributed by atoms with E-state index < -0.39 is 0 Å². The molecule has 0 aliphatic heterocycles. The first-order valence-electron chi connectivity index (χ1n) is 7.89. The fourth-order valence-electron chi connectivity index (χ4n) is 3.58. The van der Waals surface area contributed by atoms with Gasteiger partial charge in [0.15, 0.2) is 0 Å². The molecular weight excluding hydrogens is 264 g/mol. The minimum atomic E-state index is -0.223. The van der Waals surface area contributed by atoms with E-state index in [-0.39, 0.29) is 11.6 Å². The van der Waals surface area contributed by atoms with E-state index in [4.69, 9.17) is 15.3 Å². The lowest BCUT2D eigenvalue weighted by molar-refractivity contribution is -0.0806. The van der Waals surface area contributed by atoms with Gasteiger partial charge < -0.3 is 9.47 Å². The molecule has 21 heavy (non-hydrogen) atoms. The zero-order valence-corrected chi connectivity index (χ0v) is 13.4. The Bertz CT molecular complexity index is 435. The standard InChI is InChI=1S/C17H28N2O2/c1-4-21-15-9-7-14(8-10-15)16(19-18)17(20-3)11-5-6-13(2)12-17/h7-10,13,16,19H,4-6,11-12,18H2,1-3H3. The Balaban J connectivity index is 2.24. The van der Waals surface area contributed by atoms with Crippen molar-refractivity contribution in [3.05, 3.63) is 29.8 Å². The Morgan fingerprint density at radius 1 is 1.38 bits per heavy atom. The van der Waals surface area contributed by atoms with Crippen LogP contribution in [0.25, 0.3) is 0 Å². The zero-order valence-electron chi connectivity index (χ0n) is 13.4. The Hall–Kier alpha value is -1.10. The molecule has 4 heteroatoms. The quantitative estimate of drug-likeness (QED) is 0.624. The maximum atomic E-state index is 5.96. The second kappa shape index (κ2) is 7.25. The number of nitrogens with one attached hydrogen (secondary N) is 1. The van der Waals surface area contributed by atoms with Crippen molar-refractivity contribution in [2.75, 3.05) is 13.7 Å². The molecule has 0 spiro atoms. The molecule has 118 valence electrons. The lowest BCUT2D eigenvalue weighted by atomic mass is 9.73. The highest BCUT2D eigenvalue weighted by molar-refractivity contribution is 5.31. The molecule has 0 bridgehead atoms. The smallest absolute Gasteiger partial charge is 0.119 e. The summed E-state index contributed by atoms with van der Waals surface area (Å²) in [6, 6.07) is 8.16. The monoisotopic (exact) mass is 292 g/mol. The molecule has 4 nitrogen and oxygen atoms in total. The van der Waals surface area contributed by atoms with Crippen LogP contribution in [0.3, 0.4) is 0 Å². The highest BCUT2D eigenvalue weighted by atomic mass is 16.5. The van der Waals surface area contributed by atoms with E-state index in [1.54, 1.807) is 7.11 Å². The summed E-state index contributed by atoms with van der Waals surface area (Å²) in [5.74, 6) is 7.43. The van der Waals surface area contributed by atoms with E-state index in [2.05, 4.69) is 24.5 Å². The molecular formula is C17H28N2O2. The van der Waals surface area contributed by atoms with Crippen molar-refractivity contribution in [2.45, 2.75) is 51.2 Å². The van der Waals surface area contributed by atoms with Gasteiger partial charge in [0.05, 0.1) is 18.2 Å². The third kappa shape index (κ3) is 3.57. The second-order valence-corrected chi connectivity index (χ2v) is 6.07. The van der Waals surface area contributed by atoms with Crippen molar-refractivity contribution in [2.24, 2.45) is 11.8 Å². The summed E-state index contributed by atoms with van der Waals surface area (Å²) < 4.78 is 11.5. The topological polar surface area (TPSA) is 56.5 Å². The van der Waals surface area contributed by atoms with E-state index in [1.807, 2.05) is 19.1 Å². The normalized spacial score (nSPS) is 27.3. The van der Waals surface area contributed by atoms with Crippen molar-refractivity contribution in [1.29, 1.82) is 0 Å². The molecule has 3 atom stereocenters. The molecule has 0 heterocycles. The fraction of sp³-hybridized carbons (Fsp3) is 0.647. The van der Waals surface area contributed by atoms with Gasteiger partial charge >= 0.3 is 0 Å². The van der Waals surface area contributed by atoms with Gasteiger partial charge in [0.1, 0.15) is 5.75 Å². The van der Waals surface area contributed by atoms with Gasteiger partial charge in [-0.15, -0.1) is 0 Å². The largest absolute Gasteiger partial charge is 0.494 e. The third-order valence-corrected chi connectivity index (χ3v) is 4.61. The summed E-state index contributed by atoms with van der Waals surface area (Å²) in [5.41, 5.74) is 3.91. The highest BCUT2D eigenvalue weighted by Crippen LogP contribution is 2.43. The summed E-state index contributed by atoms with van der Waals surface area (Å²) >= 11 is 0. The van der Waals surface area contributed by atoms with Gasteiger partial charge in [0.2, 0.25) is 0 Å².